The number of alkyl halides is 3. The van der Waals surface area contributed by atoms with E-state index in [0.717, 1.165) is 12.1 Å². The molecule has 1 atom stereocenters. The fourth-order valence-corrected chi connectivity index (χ4v) is 3.21. The van der Waals surface area contributed by atoms with Gasteiger partial charge in [0, 0.05) is 18.9 Å². The number of hydrogen-bond donors (Lipinski definition) is 0. The van der Waals surface area contributed by atoms with Gasteiger partial charge in [-0.05, 0) is 12.1 Å². The molecule has 0 saturated carbocycles. The van der Waals surface area contributed by atoms with E-state index in [2.05, 4.69) is 0 Å². The van der Waals surface area contributed by atoms with E-state index in [1.165, 1.54) is 0 Å². The van der Waals surface area contributed by atoms with Crippen LogP contribution in [0, 0.1) is 11.7 Å². The summed E-state index contributed by atoms with van der Waals surface area (Å²) in [5, 5.41) is 0. The maximum atomic E-state index is 13.5. The third-order valence-electron chi connectivity index (χ3n) is 3.21. The topological polar surface area (TPSA) is 54.5 Å². The number of benzene rings is 1. The van der Waals surface area contributed by atoms with Crippen molar-refractivity contribution in [2.75, 3.05) is 17.2 Å². The average molecular weight is 343 g/mol. The van der Waals surface area contributed by atoms with Crippen molar-refractivity contribution in [2.24, 2.45) is 5.92 Å². The molecule has 1 heterocycles. The predicted octanol–water partition coefficient (Wildman–Crippen LogP) is 2.50. The number of rotatable bonds is 3. The third kappa shape index (κ3) is 3.54. The molecule has 0 bridgehead atoms. The fourth-order valence-electron chi connectivity index (χ4n) is 2.43. The number of hydrogen-bond acceptors (Lipinski definition) is 3. The first-order valence-electron chi connectivity index (χ1n) is 6.07. The van der Waals surface area contributed by atoms with Crippen molar-refractivity contribution in [1.29, 1.82) is 0 Å². The van der Waals surface area contributed by atoms with Gasteiger partial charge in [-0.2, -0.15) is 21.6 Å². The lowest BCUT2D eigenvalue weighted by Gasteiger charge is -2.22. The van der Waals surface area contributed by atoms with Gasteiger partial charge >= 0.3 is 16.4 Å². The molecule has 2 rings (SSSR count). The van der Waals surface area contributed by atoms with Crippen LogP contribution in [-0.4, -0.2) is 26.6 Å². The highest BCUT2D eigenvalue weighted by molar-refractivity contribution is 7.86. The summed E-state index contributed by atoms with van der Waals surface area (Å²) in [5.74, 6) is -4.30. The Hall–Kier alpha value is -1.71. The zero-order chi connectivity index (χ0) is 16.7. The van der Waals surface area contributed by atoms with Crippen LogP contribution >= 0.6 is 0 Å². The first-order valence-corrected chi connectivity index (χ1v) is 7.62. The normalized spacial score (nSPS) is 19.8. The number of halogens is 5. The van der Waals surface area contributed by atoms with Gasteiger partial charge in [0.15, 0.2) is 0 Å². The van der Waals surface area contributed by atoms with Gasteiger partial charge in [0.1, 0.15) is 11.4 Å². The van der Waals surface area contributed by atoms with Gasteiger partial charge in [-0.15, -0.1) is 3.89 Å². The molecular weight excluding hydrogens is 333 g/mol. The zero-order valence-corrected chi connectivity index (χ0v) is 11.7. The van der Waals surface area contributed by atoms with E-state index in [9.17, 15) is 34.7 Å². The molecule has 0 radical (unpaired) electrons. The van der Waals surface area contributed by atoms with Gasteiger partial charge in [0.05, 0.1) is 11.4 Å². The Bertz CT molecular complexity index is 701. The number of carbonyl (C=O) groups is 1. The molecule has 1 saturated heterocycles. The van der Waals surface area contributed by atoms with E-state index in [0.29, 0.717) is 11.0 Å². The van der Waals surface area contributed by atoms with Gasteiger partial charge in [-0.25, -0.2) is 4.39 Å². The molecule has 0 N–H and O–H groups in total. The van der Waals surface area contributed by atoms with Crippen molar-refractivity contribution in [3.8, 4) is 0 Å². The molecule has 1 fully saturated rings. The highest BCUT2D eigenvalue weighted by Gasteiger charge is 2.42. The quantitative estimate of drug-likeness (QED) is 0.626. The molecule has 0 aromatic heterocycles. The SMILES string of the molecule is O=C1CC(CS(=O)(=O)F)CN1c1cccc(F)c1C(F)(F)F. The number of anilines is 1. The van der Waals surface area contributed by atoms with E-state index in [4.69, 9.17) is 0 Å². The summed E-state index contributed by atoms with van der Waals surface area (Å²) in [6.45, 7) is -0.422. The molecule has 1 unspecified atom stereocenters. The van der Waals surface area contributed by atoms with Gasteiger partial charge in [0.2, 0.25) is 5.91 Å². The summed E-state index contributed by atoms with van der Waals surface area (Å²) in [5.41, 5.74) is -2.30. The van der Waals surface area contributed by atoms with Crippen LogP contribution in [-0.2, 0) is 21.2 Å². The van der Waals surface area contributed by atoms with E-state index < -0.39 is 64.0 Å². The molecule has 122 valence electrons. The third-order valence-corrected chi connectivity index (χ3v) is 4.08. The molecule has 1 aromatic carbocycles. The molecule has 1 amide bonds. The predicted molar refractivity (Wildman–Crippen MR) is 66.8 cm³/mol. The van der Waals surface area contributed by atoms with Crippen molar-refractivity contribution in [3.63, 3.8) is 0 Å². The Balaban J connectivity index is 2.38. The molecular formula is C12H10F5NO3S. The number of nitrogens with zero attached hydrogens (tertiary/aromatic N) is 1. The lowest BCUT2D eigenvalue weighted by molar-refractivity contribution is -0.139. The largest absolute Gasteiger partial charge is 0.421 e. The number of amides is 1. The lowest BCUT2D eigenvalue weighted by atomic mass is 10.1. The summed E-state index contributed by atoms with van der Waals surface area (Å²) in [6, 6.07) is 2.53. The molecule has 0 spiro atoms. The maximum Gasteiger partial charge on any atom is 0.421 e. The molecule has 0 aliphatic carbocycles. The Morgan fingerprint density at radius 2 is 1.91 bits per heavy atom. The van der Waals surface area contributed by atoms with Gasteiger partial charge in [-0.3, -0.25) is 4.79 Å². The first kappa shape index (κ1) is 16.7. The van der Waals surface area contributed by atoms with Gasteiger partial charge < -0.3 is 4.90 Å². The summed E-state index contributed by atoms with van der Waals surface area (Å²) < 4.78 is 86.0. The first-order chi connectivity index (χ1) is 9.99. The highest BCUT2D eigenvalue weighted by atomic mass is 32.3. The minimum absolute atomic E-state index is 0.420. The molecule has 22 heavy (non-hydrogen) atoms. The van der Waals surface area contributed by atoms with E-state index >= 15 is 0 Å². The Kier molecular flexibility index (Phi) is 4.16. The van der Waals surface area contributed by atoms with E-state index in [1.54, 1.807) is 0 Å². The minimum atomic E-state index is -5.02. The van der Waals surface area contributed by atoms with Crippen LogP contribution in [0.25, 0.3) is 0 Å². The second-order valence-corrected chi connectivity index (χ2v) is 6.32. The van der Waals surface area contributed by atoms with Crippen molar-refractivity contribution >= 4 is 21.8 Å². The zero-order valence-electron chi connectivity index (χ0n) is 10.9. The van der Waals surface area contributed by atoms with Crippen molar-refractivity contribution in [3.05, 3.63) is 29.6 Å². The molecule has 4 nitrogen and oxygen atoms in total. The van der Waals surface area contributed by atoms with Crippen molar-refractivity contribution in [1.82, 2.24) is 0 Å². The Morgan fingerprint density at radius 1 is 1.27 bits per heavy atom. The van der Waals surface area contributed by atoms with E-state index in [-0.39, 0.29) is 0 Å². The van der Waals surface area contributed by atoms with E-state index in [1.807, 2.05) is 0 Å². The van der Waals surface area contributed by atoms with Crippen LogP contribution in [0.15, 0.2) is 18.2 Å². The van der Waals surface area contributed by atoms with Crippen LogP contribution in [0.3, 0.4) is 0 Å². The second-order valence-electron chi connectivity index (χ2n) is 4.91. The summed E-state index contributed by atoms with van der Waals surface area (Å²) in [4.78, 5) is 12.4. The fraction of sp³-hybridized carbons (Fsp3) is 0.417. The Labute approximate surface area is 122 Å². The average Bonchev–Trinajstić information content (AvgIpc) is 2.65. The molecule has 1 aliphatic rings. The lowest BCUT2D eigenvalue weighted by Crippen LogP contribution is -2.28. The monoisotopic (exact) mass is 343 g/mol. The highest BCUT2D eigenvalue weighted by Crippen LogP contribution is 2.40. The number of carbonyl (C=O) groups excluding carboxylic acids is 1. The maximum absolute atomic E-state index is 13.5. The van der Waals surface area contributed by atoms with Gasteiger partial charge in [0.25, 0.3) is 0 Å². The standard InChI is InChI=1S/C12H10F5NO3S/c13-8-2-1-3-9(11(8)12(14,15)16)18-5-7(4-10(18)19)6-22(17,20)21/h1-3,7H,4-6H2. The van der Waals surface area contributed by atoms with Crippen molar-refractivity contribution < 1.29 is 34.7 Å². The van der Waals surface area contributed by atoms with Crippen LogP contribution in [0.4, 0.5) is 27.1 Å². The van der Waals surface area contributed by atoms with Crippen molar-refractivity contribution in [2.45, 2.75) is 12.6 Å². The van der Waals surface area contributed by atoms with Crippen LogP contribution in [0.1, 0.15) is 12.0 Å². The molecule has 1 aliphatic heterocycles. The van der Waals surface area contributed by atoms with Gasteiger partial charge in [-0.1, -0.05) is 6.07 Å². The van der Waals surface area contributed by atoms with Crippen LogP contribution in [0.5, 0.6) is 0 Å². The summed E-state index contributed by atoms with van der Waals surface area (Å²) in [6.07, 6.45) is -5.44. The van der Waals surface area contributed by atoms with Crippen LogP contribution in [0.2, 0.25) is 0 Å². The summed E-state index contributed by atoms with van der Waals surface area (Å²) >= 11 is 0. The van der Waals surface area contributed by atoms with Crippen LogP contribution < -0.4 is 4.90 Å². The smallest absolute Gasteiger partial charge is 0.311 e. The second kappa shape index (κ2) is 5.49. The molecule has 10 heteroatoms. The minimum Gasteiger partial charge on any atom is -0.311 e. The molecule has 1 aromatic rings. The Morgan fingerprint density at radius 3 is 2.45 bits per heavy atom. The summed E-state index contributed by atoms with van der Waals surface area (Å²) in [7, 11) is -4.86.